The van der Waals surface area contributed by atoms with Crippen molar-refractivity contribution in [2.24, 2.45) is 0 Å². The summed E-state index contributed by atoms with van der Waals surface area (Å²) in [6, 6.07) is 17.4. The van der Waals surface area contributed by atoms with Crippen LogP contribution in [0.15, 0.2) is 52.5 Å². The topological polar surface area (TPSA) is 100 Å². The molecule has 182 valence electrons. The zero-order chi connectivity index (χ0) is 26.2. The number of nitrogens with zero attached hydrogens (tertiary/aromatic N) is 2. The van der Waals surface area contributed by atoms with Gasteiger partial charge >= 0.3 is 5.97 Å². The number of benzene rings is 2. The largest absolute Gasteiger partial charge is 0.488 e. The van der Waals surface area contributed by atoms with Crippen LogP contribution in [-0.2, 0) is 22.6 Å². The molecule has 0 saturated carbocycles. The van der Waals surface area contributed by atoms with Crippen molar-refractivity contribution < 1.29 is 19.1 Å². The molecule has 3 aromatic rings. The van der Waals surface area contributed by atoms with Gasteiger partial charge in [0.1, 0.15) is 29.4 Å². The molecule has 0 radical (unpaired) electrons. The van der Waals surface area contributed by atoms with Crippen molar-refractivity contribution in [3.05, 3.63) is 90.1 Å². The third-order valence-corrected chi connectivity index (χ3v) is 7.09. The zero-order valence-corrected chi connectivity index (χ0v) is 22.5. The molecule has 0 aliphatic heterocycles. The molecule has 0 bridgehead atoms. The highest BCUT2D eigenvalue weighted by Crippen LogP contribution is 2.31. The van der Waals surface area contributed by atoms with E-state index in [0.29, 0.717) is 28.4 Å². The van der Waals surface area contributed by atoms with Crippen molar-refractivity contribution in [1.82, 2.24) is 0 Å². The number of thiophene rings is 1. The predicted molar refractivity (Wildman–Crippen MR) is 142 cm³/mol. The van der Waals surface area contributed by atoms with Gasteiger partial charge in [0, 0.05) is 21.3 Å². The maximum absolute atomic E-state index is 13.1. The van der Waals surface area contributed by atoms with Crippen LogP contribution in [0.4, 0.5) is 0 Å². The second-order valence-corrected chi connectivity index (χ2v) is 9.93. The Bertz CT molecular complexity index is 1410. The molecule has 0 unspecified atom stereocenters. The molecule has 8 heteroatoms. The number of rotatable bonds is 9. The van der Waals surface area contributed by atoms with Crippen molar-refractivity contribution >= 4 is 45.1 Å². The van der Waals surface area contributed by atoms with Gasteiger partial charge in [-0.25, -0.2) is 4.79 Å². The van der Waals surface area contributed by atoms with E-state index in [1.165, 1.54) is 6.08 Å². The predicted octanol–water partition coefficient (Wildman–Crippen LogP) is 6.47. The van der Waals surface area contributed by atoms with Gasteiger partial charge in [0.2, 0.25) is 0 Å². The Kier molecular flexibility index (Phi) is 9.19. The smallest absolute Gasteiger partial charge is 0.348 e. The summed E-state index contributed by atoms with van der Waals surface area (Å²) in [4.78, 5) is 26.0. The Morgan fingerprint density at radius 3 is 2.47 bits per heavy atom. The van der Waals surface area contributed by atoms with Gasteiger partial charge in [-0.2, -0.15) is 10.5 Å². The fraction of sp³-hybridized carbons (Fsp3) is 0.214. The number of hydrogen-bond donors (Lipinski definition) is 0. The summed E-state index contributed by atoms with van der Waals surface area (Å²) in [7, 11) is 0. The highest BCUT2D eigenvalue weighted by atomic mass is 79.9. The Hall–Kier alpha value is -3.72. The third-order valence-electron chi connectivity index (χ3n) is 5.32. The van der Waals surface area contributed by atoms with Crippen LogP contribution >= 0.6 is 27.3 Å². The number of nitriles is 2. The van der Waals surface area contributed by atoms with Gasteiger partial charge in [-0.3, -0.25) is 4.79 Å². The molecular formula is C28H23BrN2O4S. The number of aryl methyl sites for hydroxylation is 1. The highest BCUT2D eigenvalue weighted by Gasteiger charge is 2.23. The van der Waals surface area contributed by atoms with Crippen LogP contribution in [0.3, 0.4) is 0 Å². The highest BCUT2D eigenvalue weighted by molar-refractivity contribution is 9.10. The monoisotopic (exact) mass is 562 g/mol. The molecular weight excluding hydrogens is 540 g/mol. The van der Waals surface area contributed by atoms with Crippen LogP contribution in [-0.4, -0.2) is 18.4 Å². The second-order valence-electron chi connectivity index (χ2n) is 7.91. The number of Topliss-reactive ketones (excluding diaryl/α,β-unsaturated/α-hetero) is 1. The van der Waals surface area contributed by atoms with Gasteiger partial charge in [0.25, 0.3) is 0 Å². The van der Waals surface area contributed by atoms with Crippen molar-refractivity contribution in [3.8, 4) is 17.9 Å². The van der Waals surface area contributed by atoms with Crippen LogP contribution in [0.5, 0.6) is 5.75 Å². The number of hydrogen-bond acceptors (Lipinski definition) is 7. The average Bonchev–Trinajstić information content (AvgIpc) is 3.17. The van der Waals surface area contributed by atoms with Crippen LogP contribution < -0.4 is 4.74 Å². The minimum absolute atomic E-state index is 0.0825. The van der Waals surface area contributed by atoms with E-state index >= 15 is 0 Å². The number of carbonyl (C=O) groups is 2. The molecule has 6 nitrogen and oxygen atoms in total. The Morgan fingerprint density at radius 1 is 1.11 bits per heavy atom. The van der Waals surface area contributed by atoms with E-state index in [0.717, 1.165) is 26.9 Å². The summed E-state index contributed by atoms with van der Waals surface area (Å²) in [6.45, 7) is 5.89. The van der Waals surface area contributed by atoms with E-state index in [-0.39, 0.29) is 29.0 Å². The second kappa shape index (κ2) is 12.3. The van der Waals surface area contributed by atoms with Gasteiger partial charge in [-0.15, -0.1) is 11.3 Å². The number of esters is 1. The molecule has 0 aliphatic carbocycles. The van der Waals surface area contributed by atoms with Crippen LogP contribution in [0.1, 0.15) is 49.3 Å². The normalized spacial score (nSPS) is 10.9. The van der Waals surface area contributed by atoms with Crippen LogP contribution in [0, 0.1) is 36.5 Å². The molecule has 1 aromatic heterocycles. The zero-order valence-electron chi connectivity index (χ0n) is 20.1. The number of ketones is 1. The van der Waals surface area contributed by atoms with Crippen molar-refractivity contribution in [2.75, 3.05) is 6.61 Å². The lowest BCUT2D eigenvalue weighted by Crippen LogP contribution is -2.05. The first-order valence-electron chi connectivity index (χ1n) is 11.1. The fourth-order valence-corrected chi connectivity index (χ4v) is 4.94. The minimum Gasteiger partial charge on any atom is -0.488 e. The Labute approximate surface area is 222 Å². The summed E-state index contributed by atoms with van der Waals surface area (Å²) in [5.41, 5.74) is 3.36. The van der Waals surface area contributed by atoms with E-state index in [2.05, 4.69) is 22.0 Å². The van der Waals surface area contributed by atoms with Gasteiger partial charge in [0.15, 0.2) is 5.78 Å². The molecule has 0 atom stereocenters. The molecule has 0 aliphatic rings. The lowest BCUT2D eigenvalue weighted by Gasteiger charge is -2.11. The first-order valence-corrected chi connectivity index (χ1v) is 12.7. The molecule has 0 fully saturated rings. The summed E-state index contributed by atoms with van der Waals surface area (Å²) in [5.74, 6) is -0.473. The van der Waals surface area contributed by atoms with Gasteiger partial charge in [-0.05, 0) is 56.2 Å². The van der Waals surface area contributed by atoms with E-state index in [9.17, 15) is 20.1 Å². The molecule has 3 rings (SSSR count). The maximum atomic E-state index is 13.1. The standard InChI is InChI=1S/C28H23BrN2O4S/c1-4-34-28(33)27-18(3)23(15-31)26(36-27)13-24(32)21(14-30)11-20-12-22(29)9-10-25(20)35-16-19-7-5-17(2)6-8-19/h5-12H,4,13,16H2,1-3H3/b21-11+. The molecule has 2 aromatic carbocycles. The molecule has 0 N–H and O–H groups in total. The Balaban J connectivity index is 1.87. The van der Waals surface area contributed by atoms with Gasteiger partial charge < -0.3 is 9.47 Å². The molecule has 1 heterocycles. The summed E-state index contributed by atoms with van der Waals surface area (Å²) in [6.07, 6.45) is 1.30. The number of carbonyl (C=O) groups excluding carboxylic acids is 2. The van der Waals surface area contributed by atoms with Crippen molar-refractivity contribution in [1.29, 1.82) is 10.5 Å². The molecule has 36 heavy (non-hydrogen) atoms. The summed E-state index contributed by atoms with van der Waals surface area (Å²) < 4.78 is 11.8. The van der Waals surface area contributed by atoms with E-state index < -0.39 is 11.8 Å². The van der Waals surface area contributed by atoms with E-state index in [4.69, 9.17) is 9.47 Å². The SMILES string of the molecule is CCOC(=O)c1sc(CC(=O)/C(C#N)=C/c2cc(Br)ccc2OCc2ccc(C)cc2)c(C#N)c1C. The molecule has 0 spiro atoms. The van der Waals surface area contributed by atoms with E-state index in [1.54, 1.807) is 26.0 Å². The van der Waals surface area contributed by atoms with Crippen molar-refractivity contribution in [3.63, 3.8) is 0 Å². The Morgan fingerprint density at radius 2 is 1.83 bits per heavy atom. The first-order chi connectivity index (χ1) is 17.3. The van der Waals surface area contributed by atoms with Crippen molar-refractivity contribution in [2.45, 2.75) is 33.8 Å². The van der Waals surface area contributed by atoms with Gasteiger partial charge in [-0.1, -0.05) is 45.8 Å². The molecule has 0 amide bonds. The van der Waals surface area contributed by atoms with Crippen LogP contribution in [0.2, 0.25) is 0 Å². The first kappa shape index (κ1) is 26.9. The van der Waals surface area contributed by atoms with Gasteiger partial charge in [0.05, 0.1) is 17.7 Å². The minimum atomic E-state index is -0.532. The number of halogens is 1. The maximum Gasteiger partial charge on any atom is 0.348 e. The lowest BCUT2D eigenvalue weighted by atomic mass is 10.0. The summed E-state index contributed by atoms with van der Waals surface area (Å²) >= 11 is 4.47. The third kappa shape index (κ3) is 6.48. The average molecular weight is 563 g/mol. The number of ether oxygens (including phenoxy) is 2. The fourth-order valence-electron chi connectivity index (χ4n) is 3.42. The van der Waals surface area contributed by atoms with E-state index in [1.807, 2.05) is 43.3 Å². The molecule has 0 saturated heterocycles. The lowest BCUT2D eigenvalue weighted by molar-refractivity contribution is -0.114. The quantitative estimate of drug-likeness (QED) is 0.168. The summed E-state index contributed by atoms with van der Waals surface area (Å²) in [5, 5.41) is 19.3. The number of allylic oxidation sites excluding steroid dienone is 1. The van der Waals surface area contributed by atoms with Crippen LogP contribution in [0.25, 0.3) is 6.08 Å².